The van der Waals surface area contributed by atoms with Crippen LogP contribution in [0.3, 0.4) is 0 Å². The van der Waals surface area contributed by atoms with E-state index < -0.39 is 5.60 Å². The molecule has 33 heavy (non-hydrogen) atoms. The van der Waals surface area contributed by atoms with Crippen molar-refractivity contribution in [3.63, 3.8) is 0 Å². The molecule has 1 atom stereocenters. The van der Waals surface area contributed by atoms with E-state index in [-0.39, 0.29) is 13.2 Å². The second kappa shape index (κ2) is 10.8. The van der Waals surface area contributed by atoms with Gasteiger partial charge in [0.1, 0.15) is 36.1 Å². The lowest BCUT2D eigenvalue weighted by Crippen LogP contribution is -2.48. The van der Waals surface area contributed by atoms with Gasteiger partial charge in [-0.25, -0.2) is 4.98 Å². The summed E-state index contributed by atoms with van der Waals surface area (Å²) in [7, 11) is 0. The topological polar surface area (TPSA) is 69.0 Å². The van der Waals surface area contributed by atoms with Gasteiger partial charge in [0.15, 0.2) is 0 Å². The van der Waals surface area contributed by atoms with Crippen molar-refractivity contribution in [2.24, 2.45) is 0 Å². The summed E-state index contributed by atoms with van der Waals surface area (Å²) >= 11 is 0. The Morgan fingerprint density at radius 2 is 1.94 bits per heavy atom. The van der Waals surface area contributed by atoms with Crippen LogP contribution in [0.15, 0.2) is 60.9 Å². The molecule has 0 unspecified atom stereocenters. The van der Waals surface area contributed by atoms with E-state index in [1.165, 1.54) is 5.56 Å². The zero-order valence-electron chi connectivity index (χ0n) is 19.4. The highest BCUT2D eigenvalue weighted by Gasteiger charge is 2.33. The molecule has 0 amide bonds. The molecule has 1 aliphatic heterocycles. The van der Waals surface area contributed by atoms with Gasteiger partial charge in [-0.2, -0.15) is 0 Å². The summed E-state index contributed by atoms with van der Waals surface area (Å²) in [4.78, 5) is 6.44. The van der Waals surface area contributed by atoms with E-state index in [1.807, 2.05) is 56.4 Å². The minimum absolute atomic E-state index is 0.184. The lowest BCUT2D eigenvalue weighted by molar-refractivity contribution is -0.0646. The zero-order chi connectivity index (χ0) is 23.1. The number of β-amino-alcohol motifs (C(OH)–C–C–N with tert-alkyl or cyclic N) is 1. The van der Waals surface area contributed by atoms with Crippen LogP contribution < -0.4 is 9.47 Å². The smallest absolute Gasteiger partial charge is 0.134 e. The first-order chi connectivity index (χ1) is 16.0. The lowest BCUT2D eigenvalue weighted by Gasteiger charge is -2.30. The van der Waals surface area contributed by atoms with E-state index in [1.54, 1.807) is 6.20 Å². The van der Waals surface area contributed by atoms with Crippen LogP contribution in [0.4, 0.5) is 0 Å². The van der Waals surface area contributed by atoms with Crippen molar-refractivity contribution in [2.45, 2.75) is 32.5 Å². The molecule has 1 saturated heterocycles. The van der Waals surface area contributed by atoms with Crippen molar-refractivity contribution in [1.82, 2.24) is 14.5 Å². The van der Waals surface area contributed by atoms with Crippen molar-refractivity contribution in [2.75, 3.05) is 39.5 Å². The molecule has 0 saturated carbocycles. The number of aromatic nitrogens is 2. The summed E-state index contributed by atoms with van der Waals surface area (Å²) in [5, 5.41) is 11.2. The van der Waals surface area contributed by atoms with Gasteiger partial charge in [0, 0.05) is 32.0 Å². The van der Waals surface area contributed by atoms with E-state index in [9.17, 15) is 5.11 Å². The molecular formula is C26H33N3O4. The van der Waals surface area contributed by atoms with Crippen molar-refractivity contribution >= 4 is 0 Å². The predicted octanol–water partition coefficient (Wildman–Crippen LogP) is 3.22. The molecule has 4 rings (SSSR count). The number of aliphatic hydroxyl groups is 1. The van der Waals surface area contributed by atoms with Crippen molar-refractivity contribution in [3.05, 3.63) is 77.9 Å². The van der Waals surface area contributed by atoms with E-state index in [0.717, 1.165) is 36.0 Å². The van der Waals surface area contributed by atoms with E-state index >= 15 is 0 Å². The number of aryl methyl sites for hydroxylation is 2. The van der Waals surface area contributed by atoms with Crippen LogP contribution in [0.1, 0.15) is 17.0 Å². The van der Waals surface area contributed by atoms with Gasteiger partial charge in [-0.15, -0.1) is 0 Å². The molecule has 0 spiro atoms. The largest absolute Gasteiger partial charge is 0.492 e. The third-order valence-electron chi connectivity index (χ3n) is 5.80. The number of hydrogen-bond donors (Lipinski definition) is 1. The Bertz CT molecular complexity index is 1020. The standard InChI is InChI=1S/C26H33N3O4/c1-21-6-8-24(9-7-21)33-20-26(30)18-28(12-14-31-19-26)17-23-4-3-5-25(16-23)32-15-13-29-11-10-27-22(29)2/h3-11,16,30H,12-15,17-20H2,1-2H3/t26-/m1/s1. The molecule has 3 aromatic rings. The molecule has 176 valence electrons. The van der Waals surface area contributed by atoms with Crippen molar-refractivity contribution in [1.29, 1.82) is 0 Å². The molecule has 2 aromatic carbocycles. The van der Waals surface area contributed by atoms with E-state index in [0.29, 0.717) is 26.3 Å². The second-order valence-electron chi connectivity index (χ2n) is 8.75. The third kappa shape index (κ3) is 6.81. The Morgan fingerprint density at radius 1 is 1.09 bits per heavy atom. The van der Waals surface area contributed by atoms with Gasteiger partial charge in [0.2, 0.25) is 0 Å². The first kappa shape index (κ1) is 23.3. The summed E-state index contributed by atoms with van der Waals surface area (Å²) in [6.07, 6.45) is 3.76. The molecule has 7 nitrogen and oxygen atoms in total. The lowest BCUT2D eigenvalue weighted by atomic mass is 10.1. The van der Waals surface area contributed by atoms with Gasteiger partial charge in [-0.05, 0) is 43.7 Å². The van der Waals surface area contributed by atoms with Crippen LogP contribution >= 0.6 is 0 Å². The van der Waals surface area contributed by atoms with Crippen LogP contribution in [-0.4, -0.2) is 64.7 Å². The highest BCUT2D eigenvalue weighted by Crippen LogP contribution is 2.20. The fourth-order valence-corrected chi connectivity index (χ4v) is 3.96. The van der Waals surface area contributed by atoms with Gasteiger partial charge in [0.25, 0.3) is 0 Å². The number of imidazole rings is 1. The second-order valence-corrected chi connectivity index (χ2v) is 8.75. The average Bonchev–Trinajstić information content (AvgIpc) is 3.11. The fourth-order valence-electron chi connectivity index (χ4n) is 3.96. The van der Waals surface area contributed by atoms with Crippen LogP contribution in [0, 0.1) is 13.8 Å². The minimum Gasteiger partial charge on any atom is -0.492 e. The van der Waals surface area contributed by atoms with E-state index in [4.69, 9.17) is 14.2 Å². The van der Waals surface area contributed by atoms with Crippen molar-refractivity contribution < 1.29 is 19.3 Å². The summed E-state index contributed by atoms with van der Waals surface area (Å²) in [6, 6.07) is 16.0. The Kier molecular flexibility index (Phi) is 7.65. The molecule has 0 bridgehead atoms. The molecule has 0 aliphatic carbocycles. The van der Waals surface area contributed by atoms with Crippen LogP contribution in [-0.2, 0) is 17.8 Å². The van der Waals surface area contributed by atoms with Gasteiger partial charge in [-0.1, -0.05) is 29.8 Å². The summed E-state index contributed by atoms with van der Waals surface area (Å²) in [5.41, 5.74) is 1.24. The summed E-state index contributed by atoms with van der Waals surface area (Å²) in [6.45, 7) is 8.30. The Balaban J connectivity index is 1.32. The minimum atomic E-state index is -1.07. The normalized spacial score (nSPS) is 19.2. The van der Waals surface area contributed by atoms with Crippen LogP contribution in [0.2, 0.25) is 0 Å². The maximum Gasteiger partial charge on any atom is 0.134 e. The summed E-state index contributed by atoms with van der Waals surface area (Å²) in [5.74, 6) is 2.57. The van der Waals surface area contributed by atoms with E-state index in [2.05, 4.69) is 26.6 Å². The molecule has 2 heterocycles. The van der Waals surface area contributed by atoms with Gasteiger partial charge in [-0.3, -0.25) is 4.90 Å². The van der Waals surface area contributed by atoms with Gasteiger partial charge >= 0.3 is 0 Å². The Hall–Kier alpha value is -2.87. The first-order valence-electron chi connectivity index (χ1n) is 11.4. The average molecular weight is 452 g/mol. The van der Waals surface area contributed by atoms with Gasteiger partial charge < -0.3 is 23.9 Å². The molecule has 0 radical (unpaired) electrons. The summed E-state index contributed by atoms with van der Waals surface area (Å²) < 4.78 is 19.6. The predicted molar refractivity (Wildman–Crippen MR) is 127 cm³/mol. The number of nitrogens with zero attached hydrogens (tertiary/aromatic N) is 3. The Labute approximate surface area is 195 Å². The SMILES string of the molecule is Cc1ccc(OC[C@]2(O)COCCN(Cc3cccc(OCCn4ccnc4C)c3)C2)cc1. The van der Waals surface area contributed by atoms with Crippen molar-refractivity contribution in [3.8, 4) is 11.5 Å². The maximum atomic E-state index is 11.2. The maximum absolute atomic E-state index is 11.2. The molecule has 1 aromatic heterocycles. The molecular weight excluding hydrogens is 418 g/mol. The molecule has 7 heteroatoms. The quantitative estimate of drug-likeness (QED) is 0.539. The number of benzene rings is 2. The monoisotopic (exact) mass is 451 g/mol. The third-order valence-corrected chi connectivity index (χ3v) is 5.80. The number of ether oxygens (including phenoxy) is 3. The fraction of sp³-hybridized carbons (Fsp3) is 0.423. The highest BCUT2D eigenvalue weighted by molar-refractivity contribution is 5.29. The highest BCUT2D eigenvalue weighted by atomic mass is 16.5. The van der Waals surface area contributed by atoms with Crippen LogP contribution in [0.5, 0.6) is 11.5 Å². The van der Waals surface area contributed by atoms with Crippen LogP contribution in [0.25, 0.3) is 0 Å². The zero-order valence-corrected chi connectivity index (χ0v) is 19.4. The number of rotatable bonds is 9. The molecule has 1 N–H and O–H groups in total. The molecule has 1 aliphatic rings. The van der Waals surface area contributed by atoms with Gasteiger partial charge in [0.05, 0.1) is 19.8 Å². The Morgan fingerprint density at radius 3 is 2.73 bits per heavy atom. The first-order valence-corrected chi connectivity index (χ1v) is 11.4. The molecule has 1 fully saturated rings. The number of hydrogen-bond acceptors (Lipinski definition) is 6.